The lowest BCUT2D eigenvalue weighted by atomic mass is 9.69. The number of hydrogen-bond donors (Lipinski definition) is 0. The maximum Gasteiger partial charge on any atom is 0.314 e. The summed E-state index contributed by atoms with van der Waals surface area (Å²) in [6.07, 6.45) is 10.1. The molecular formula is C24H32F2O3. The summed E-state index contributed by atoms with van der Waals surface area (Å²) in [5.41, 5.74) is 0.569. The SMILES string of the molecule is CC1CCC(C2CCC(C(=O)Oc3cc4c(c(F)c3F)OC(C)CC4)CC2)CC1. The molecule has 4 rings (SSSR count). The molecule has 1 aromatic carbocycles. The standard InChI is InChI=1S/C24H32F2O3/c1-14-3-6-16(7-4-14)17-9-11-18(12-10-17)24(27)29-20-13-19-8-5-15(2)28-23(19)22(26)21(20)25/h13-18H,3-12H2,1-2H3. The minimum absolute atomic E-state index is 0.0386. The van der Waals surface area contributed by atoms with Crippen molar-refractivity contribution in [3.05, 3.63) is 23.3 Å². The van der Waals surface area contributed by atoms with E-state index in [0.717, 1.165) is 43.9 Å². The number of aryl methyl sites for hydroxylation is 1. The molecule has 3 aliphatic rings. The molecule has 0 bridgehead atoms. The monoisotopic (exact) mass is 406 g/mol. The summed E-state index contributed by atoms with van der Waals surface area (Å²) in [5, 5.41) is 0. The summed E-state index contributed by atoms with van der Waals surface area (Å²) in [6, 6.07) is 1.44. The lowest BCUT2D eigenvalue weighted by Crippen LogP contribution is -2.30. The van der Waals surface area contributed by atoms with E-state index in [1.165, 1.54) is 31.7 Å². The molecule has 160 valence electrons. The fourth-order valence-corrected chi connectivity index (χ4v) is 5.42. The van der Waals surface area contributed by atoms with Crippen LogP contribution < -0.4 is 9.47 Å². The Kier molecular flexibility index (Phi) is 6.12. The minimum Gasteiger partial charge on any atom is -0.487 e. The second kappa shape index (κ2) is 8.61. The Morgan fingerprint density at radius 2 is 1.55 bits per heavy atom. The largest absolute Gasteiger partial charge is 0.487 e. The van der Waals surface area contributed by atoms with Crippen molar-refractivity contribution in [2.45, 2.75) is 84.2 Å². The summed E-state index contributed by atoms with van der Waals surface area (Å²) < 4.78 is 39.6. The highest BCUT2D eigenvalue weighted by molar-refractivity contribution is 5.75. The van der Waals surface area contributed by atoms with Crippen LogP contribution in [-0.4, -0.2) is 12.1 Å². The lowest BCUT2D eigenvalue weighted by Gasteiger charge is -2.36. The van der Waals surface area contributed by atoms with E-state index in [1.54, 1.807) is 0 Å². The maximum atomic E-state index is 14.4. The first kappa shape index (κ1) is 20.6. The van der Waals surface area contributed by atoms with E-state index in [1.807, 2.05) is 6.92 Å². The van der Waals surface area contributed by atoms with Crippen LogP contribution >= 0.6 is 0 Å². The topological polar surface area (TPSA) is 35.5 Å². The van der Waals surface area contributed by atoms with E-state index in [4.69, 9.17) is 9.47 Å². The molecule has 1 heterocycles. The van der Waals surface area contributed by atoms with Crippen LogP contribution in [0.1, 0.15) is 77.2 Å². The van der Waals surface area contributed by atoms with Gasteiger partial charge in [0.05, 0.1) is 12.0 Å². The number of carbonyl (C=O) groups excluding carboxylic acids is 1. The van der Waals surface area contributed by atoms with Crippen molar-refractivity contribution in [2.24, 2.45) is 23.7 Å². The number of carbonyl (C=O) groups is 1. The quantitative estimate of drug-likeness (QED) is 0.442. The Labute approximate surface area is 172 Å². The molecule has 0 aromatic heterocycles. The molecular weight excluding hydrogens is 374 g/mol. The fourth-order valence-electron chi connectivity index (χ4n) is 5.42. The molecule has 2 fully saturated rings. The third kappa shape index (κ3) is 4.44. The predicted molar refractivity (Wildman–Crippen MR) is 107 cm³/mol. The van der Waals surface area contributed by atoms with Crippen LogP contribution in [0.3, 0.4) is 0 Å². The van der Waals surface area contributed by atoms with Gasteiger partial charge in [-0.15, -0.1) is 0 Å². The first-order chi connectivity index (χ1) is 13.9. The molecule has 0 saturated heterocycles. The third-order valence-electron chi connectivity index (χ3n) is 7.39. The van der Waals surface area contributed by atoms with Crippen LogP contribution in [0.25, 0.3) is 0 Å². The van der Waals surface area contributed by atoms with E-state index in [-0.39, 0.29) is 23.5 Å². The van der Waals surface area contributed by atoms with Gasteiger partial charge in [0.25, 0.3) is 0 Å². The van der Waals surface area contributed by atoms with Gasteiger partial charge in [0.1, 0.15) is 0 Å². The molecule has 0 spiro atoms. The highest BCUT2D eigenvalue weighted by atomic mass is 19.2. The van der Waals surface area contributed by atoms with Crippen LogP contribution in [0.5, 0.6) is 11.5 Å². The van der Waals surface area contributed by atoms with Gasteiger partial charge in [-0.3, -0.25) is 4.79 Å². The molecule has 0 radical (unpaired) electrons. The van der Waals surface area contributed by atoms with Gasteiger partial charge in [-0.25, -0.2) is 0 Å². The van der Waals surface area contributed by atoms with Gasteiger partial charge in [0.2, 0.25) is 11.6 Å². The van der Waals surface area contributed by atoms with Crippen molar-refractivity contribution in [3.63, 3.8) is 0 Å². The smallest absolute Gasteiger partial charge is 0.314 e. The van der Waals surface area contributed by atoms with Gasteiger partial charge < -0.3 is 9.47 Å². The molecule has 1 aromatic rings. The summed E-state index contributed by atoms with van der Waals surface area (Å²) in [6.45, 7) is 4.16. The Balaban J connectivity index is 1.36. The molecule has 1 atom stereocenters. The fraction of sp³-hybridized carbons (Fsp3) is 0.708. The summed E-state index contributed by atoms with van der Waals surface area (Å²) in [5.74, 6) is -0.827. The van der Waals surface area contributed by atoms with E-state index >= 15 is 0 Å². The normalized spacial score (nSPS) is 32.2. The van der Waals surface area contributed by atoms with Gasteiger partial charge >= 0.3 is 5.97 Å². The number of ether oxygens (including phenoxy) is 2. The van der Waals surface area contributed by atoms with E-state index in [9.17, 15) is 13.6 Å². The van der Waals surface area contributed by atoms with Gasteiger partial charge in [-0.05, 0) is 82.1 Å². The number of fused-ring (bicyclic) bond motifs is 1. The maximum absolute atomic E-state index is 14.4. The van der Waals surface area contributed by atoms with Crippen molar-refractivity contribution in [3.8, 4) is 11.5 Å². The second-order valence-electron chi connectivity index (χ2n) is 9.51. The van der Waals surface area contributed by atoms with Crippen molar-refractivity contribution < 1.29 is 23.0 Å². The number of esters is 1. The minimum atomic E-state index is -1.13. The van der Waals surface area contributed by atoms with Crippen molar-refractivity contribution in [1.82, 2.24) is 0 Å². The Morgan fingerprint density at radius 1 is 0.931 bits per heavy atom. The van der Waals surface area contributed by atoms with Crippen LogP contribution in [0.15, 0.2) is 6.07 Å². The van der Waals surface area contributed by atoms with Crippen LogP contribution in [0, 0.1) is 35.3 Å². The van der Waals surface area contributed by atoms with Gasteiger partial charge in [-0.2, -0.15) is 8.78 Å². The Hall–Kier alpha value is -1.65. The highest BCUT2D eigenvalue weighted by Crippen LogP contribution is 2.42. The third-order valence-corrected chi connectivity index (χ3v) is 7.39. The molecule has 3 nitrogen and oxygen atoms in total. The zero-order chi connectivity index (χ0) is 20.5. The Morgan fingerprint density at radius 3 is 2.21 bits per heavy atom. The van der Waals surface area contributed by atoms with E-state index in [0.29, 0.717) is 17.9 Å². The van der Waals surface area contributed by atoms with Crippen molar-refractivity contribution in [1.29, 1.82) is 0 Å². The first-order valence-electron chi connectivity index (χ1n) is 11.3. The van der Waals surface area contributed by atoms with Crippen LogP contribution in [0.4, 0.5) is 8.78 Å². The summed E-state index contributed by atoms with van der Waals surface area (Å²) >= 11 is 0. The van der Waals surface area contributed by atoms with E-state index in [2.05, 4.69) is 6.92 Å². The number of rotatable bonds is 3. The zero-order valence-electron chi connectivity index (χ0n) is 17.5. The highest BCUT2D eigenvalue weighted by Gasteiger charge is 2.34. The summed E-state index contributed by atoms with van der Waals surface area (Å²) in [4.78, 5) is 12.6. The molecule has 2 saturated carbocycles. The molecule has 29 heavy (non-hydrogen) atoms. The average Bonchev–Trinajstić information content (AvgIpc) is 2.73. The summed E-state index contributed by atoms with van der Waals surface area (Å²) in [7, 11) is 0. The van der Waals surface area contributed by atoms with Gasteiger partial charge in [-0.1, -0.05) is 19.8 Å². The zero-order valence-corrected chi connectivity index (χ0v) is 17.5. The molecule has 5 heteroatoms. The molecule has 2 aliphatic carbocycles. The van der Waals surface area contributed by atoms with E-state index < -0.39 is 17.6 Å². The van der Waals surface area contributed by atoms with Crippen LogP contribution in [0.2, 0.25) is 0 Å². The van der Waals surface area contributed by atoms with Gasteiger partial charge in [0, 0.05) is 5.56 Å². The number of hydrogen-bond acceptors (Lipinski definition) is 3. The van der Waals surface area contributed by atoms with Crippen molar-refractivity contribution in [2.75, 3.05) is 0 Å². The predicted octanol–water partition coefficient (Wildman–Crippen LogP) is 6.22. The molecule has 1 unspecified atom stereocenters. The number of halogens is 2. The number of benzene rings is 1. The van der Waals surface area contributed by atoms with Crippen molar-refractivity contribution >= 4 is 5.97 Å². The second-order valence-corrected chi connectivity index (χ2v) is 9.51. The molecule has 0 amide bonds. The Bertz CT molecular complexity index is 747. The average molecular weight is 407 g/mol. The first-order valence-corrected chi connectivity index (χ1v) is 11.3. The molecule has 1 aliphatic heterocycles. The molecule has 0 N–H and O–H groups in total. The van der Waals surface area contributed by atoms with Crippen LogP contribution in [-0.2, 0) is 11.2 Å². The van der Waals surface area contributed by atoms with Gasteiger partial charge in [0.15, 0.2) is 11.5 Å². The lowest BCUT2D eigenvalue weighted by molar-refractivity contribution is -0.140.